The number of unbranched alkanes of at least 4 members (excludes halogenated alkanes) is 1. The van der Waals surface area contributed by atoms with E-state index in [1.54, 1.807) is 6.92 Å². The molecule has 2 aliphatic heterocycles. The predicted octanol–water partition coefficient (Wildman–Crippen LogP) is 2.99. The minimum Gasteiger partial charge on any atom is -0.352 e. The lowest BCUT2D eigenvalue weighted by molar-refractivity contribution is 0.0656. The van der Waals surface area contributed by atoms with Gasteiger partial charge in [-0.25, -0.2) is 0 Å². The Bertz CT molecular complexity index is 1300. The molecule has 0 aliphatic carbocycles. The maximum Gasteiger partial charge on any atom is 0.261 e. The molecule has 10 nitrogen and oxygen atoms in total. The molecule has 2 N–H and O–H groups in total. The molecule has 0 unspecified atom stereocenters. The molecule has 6 amide bonds. The number of imide groups is 2. The fourth-order valence-electron chi connectivity index (χ4n) is 4.08. The molecule has 0 spiro atoms. The molecule has 0 atom stereocenters. The number of carbonyl (C=O) groups is 6. The molecule has 37 heavy (non-hydrogen) atoms. The second kappa shape index (κ2) is 11.6. The number of rotatable bonds is 8. The summed E-state index contributed by atoms with van der Waals surface area (Å²) in [7, 11) is 1.40. The van der Waals surface area contributed by atoms with Crippen molar-refractivity contribution in [3.8, 4) is 0 Å². The lowest BCUT2D eigenvalue weighted by Crippen LogP contribution is -2.29. The van der Waals surface area contributed by atoms with Gasteiger partial charge in [-0.1, -0.05) is 13.8 Å². The maximum atomic E-state index is 12.4. The maximum absolute atomic E-state index is 12.4. The molecule has 0 bridgehead atoms. The Morgan fingerprint density at radius 1 is 0.703 bits per heavy atom. The van der Waals surface area contributed by atoms with Crippen LogP contribution < -0.4 is 10.6 Å². The van der Waals surface area contributed by atoms with E-state index in [0.29, 0.717) is 42.6 Å². The van der Waals surface area contributed by atoms with Gasteiger partial charge in [-0.2, -0.15) is 0 Å². The van der Waals surface area contributed by atoms with Gasteiger partial charge in [-0.3, -0.25) is 38.6 Å². The summed E-state index contributed by atoms with van der Waals surface area (Å²) in [4.78, 5) is 75.5. The number of carbonyl (C=O) groups excluding carboxylic acids is 6. The third kappa shape index (κ3) is 5.28. The number of benzene rings is 2. The van der Waals surface area contributed by atoms with Gasteiger partial charge >= 0.3 is 0 Å². The van der Waals surface area contributed by atoms with Crippen LogP contribution in [0, 0.1) is 0 Å². The van der Waals surface area contributed by atoms with Crippen LogP contribution in [0.25, 0.3) is 0 Å². The van der Waals surface area contributed by atoms with E-state index in [-0.39, 0.29) is 49.7 Å². The summed E-state index contributed by atoms with van der Waals surface area (Å²) < 4.78 is 0. The molecule has 2 aromatic rings. The topological polar surface area (TPSA) is 133 Å². The summed E-state index contributed by atoms with van der Waals surface area (Å²) in [5.74, 6) is -2.28. The molecular formula is C27H34N4O6. The Morgan fingerprint density at radius 2 is 1.11 bits per heavy atom. The third-order valence-corrected chi connectivity index (χ3v) is 6.08. The van der Waals surface area contributed by atoms with Crippen LogP contribution in [0.3, 0.4) is 0 Å². The molecule has 4 rings (SSSR count). The molecular weight excluding hydrogens is 476 g/mol. The van der Waals surface area contributed by atoms with Crippen molar-refractivity contribution >= 4 is 35.4 Å². The smallest absolute Gasteiger partial charge is 0.261 e. The van der Waals surface area contributed by atoms with E-state index >= 15 is 0 Å². The van der Waals surface area contributed by atoms with Crippen LogP contribution in [0.1, 0.15) is 98.6 Å². The van der Waals surface area contributed by atoms with Crippen LogP contribution in [-0.2, 0) is 0 Å². The van der Waals surface area contributed by atoms with Crippen LogP contribution >= 0.6 is 0 Å². The minimum absolute atomic E-state index is 0. The molecule has 2 heterocycles. The van der Waals surface area contributed by atoms with E-state index < -0.39 is 11.8 Å². The van der Waals surface area contributed by atoms with Crippen molar-refractivity contribution in [3.63, 3.8) is 0 Å². The summed E-state index contributed by atoms with van der Waals surface area (Å²) in [6, 6.07) is 8.86. The van der Waals surface area contributed by atoms with Gasteiger partial charge in [0.15, 0.2) is 0 Å². The van der Waals surface area contributed by atoms with Gasteiger partial charge in [0.2, 0.25) is 0 Å². The van der Waals surface area contributed by atoms with Gasteiger partial charge in [0, 0.05) is 40.7 Å². The average molecular weight is 511 g/mol. The predicted molar refractivity (Wildman–Crippen MR) is 140 cm³/mol. The largest absolute Gasteiger partial charge is 0.352 e. The van der Waals surface area contributed by atoms with Crippen molar-refractivity contribution < 1.29 is 31.6 Å². The van der Waals surface area contributed by atoms with Crippen LogP contribution in [0.5, 0.6) is 0 Å². The summed E-state index contributed by atoms with van der Waals surface area (Å²) in [6.45, 7) is 6.71. The van der Waals surface area contributed by atoms with E-state index in [1.165, 1.54) is 43.4 Å². The van der Waals surface area contributed by atoms with E-state index in [2.05, 4.69) is 10.6 Å². The van der Waals surface area contributed by atoms with Gasteiger partial charge < -0.3 is 10.6 Å². The molecule has 0 saturated heterocycles. The summed E-state index contributed by atoms with van der Waals surface area (Å²) >= 11 is 0. The highest BCUT2D eigenvalue weighted by Gasteiger charge is 2.35. The molecule has 2 aromatic carbocycles. The first-order valence-corrected chi connectivity index (χ1v) is 12.3. The van der Waals surface area contributed by atoms with Gasteiger partial charge in [0.05, 0.1) is 22.3 Å². The highest BCUT2D eigenvalue weighted by molar-refractivity contribution is 6.22. The first-order valence-electron chi connectivity index (χ1n) is 12.3. The Morgan fingerprint density at radius 3 is 1.59 bits per heavy atom. The van der Waals surface area contributed by atoms with Crippen molar-refractivity contribution in [1.29, 1.82) is 0 Å². The van der Waals surface area contributed by atoms with E-state index in [0.717, 1.165) is 9.80 Å². The van der Waals surface area contributed by atoms with Crippen LogP contribution in [-0.4, -0.2) is 71.9 Å². The lowest BCUT2D eigenvalue weighted by Gasteiger charge is -2.08. The molecule has 0 aromatic heterocycles. The van der Waals surface area contributed by atoms with E-state index in [4.69, 9.17) is 0 Å². The van der Waals surface area contributed by atoms with E-state index in [9.17, 15) is 28.8 Å². The first-order chi connectivity index (χ1) is 17.7. The van der Waals surface area contributed by atoms with Crippen LogP contribution in [0.15, 0.2) is 36.4 Å². The Labute approximate surface area is 218 Å². The Balaban J connectivity index is 0.00000186. The zero-order chi connectivity index (χ0) is 27.3. The second-order valence-corrected chi connectivity index (χ2v) is 8.26. The molecule has 0 fully saturated rings. The van der Waals surface area contributed by atoms with Crippen molar-refractivity contribution in [3.05, 3.63) is 69.8 Å². The molecule has 10 heteroatoms. The van der Waals surface area contributed by atoms with Crippen LogP contribution in [0.2, 0.25) is 0 Å². The second-order valence-electron chi connectivity index (χ2n) is 8.26. The van der Waals surface area contributed by atoms with Gasteiger partial charge in [0.25, 0.3) is 35.4 Å². The summed E-state index contributed by atoms with van der Waals surface area (Å²) in [5, 5.41) is 5.53. The number of nitrogens with one attached hydrogen (secondary N) is 2. The minimum atomic E-state index is -0.433. The molecule has 0 radical (unpaired) electrons. The van der Waals surface area contributed by atoms with Crippen molar-refractivity contribution in [1.82, 2.24) is 20.4 Å². The SMILES string of the molecule is CC.CCN1C(=O)c2ccc(C(=O)NCCCCNC(=O)c3ccc4c(c3)C(=O)N(C)C4=O)cc2C1=O.[HH].[HH]. The highest BCUT2D eigenvalue weighted by atomic mass is 16.2. The standard InChI is InChI=1S/C25H24N4O6.C2H6.2H2/c1-3-29-24(34)17-9-7-15(13-19(17)25(29)35)21(31)27-11-5-4-10-26-20(30)14-6-8-16-18(12-14)23(33)28(2)22(16)32;1-2;;/h6-9,12-13H,3-5,10-11H2,1-2H3,(H,26,30)(H,27,31);1-2H3;2*1H. The fraction of sp³-hybridized carbons (Fsp3) is 0.333. The fourth-order valence-corrected chi connectivity index (χ4v) is 4.08. The Kier molecular flexibility index (Phi) is 8.54. The average Bonchev–Trinajstić information content (AvgIpc) is 3.29. The first kappa shape index (κ1) is 27.3. The normalized spacial score (nSPS) is 13.7. The summed E-state index contributed by atoms with van der Waals surface area (Å²) in [5.41, 5.74) is 1.62. The Hall–Kier alpha value is -4.34. The number of hydrogen-bond acceptors (Lipinski definition) is 6. The van der Waals surface area contributed by atoms with Gasteiger partial charge in [0.1, 0.15) is 0 Å². The number of amides is 6. The van der Waals surface area contributed by atoms with E-state index in [1.807, 2.05) is 13.8 Å². The zero-order valence-electron chi connectivity index (χ0n) is 21.3. The van der Waals surface area contributed by atoms with Crippen LogP contribution in [0.4, 0.5) is 0 Å². The van der Waals surface area contributed by atoms with Gasteiger partial charge in [-0.15, -0.1) is 0 Å². The summed E-state index contributed by atoms with van der Waals surface area (Å²) in [6.07, 6.45) is 1.19. The third-order valence-electron chi connectivity index (χ3n) is 6.08. The molecule has 198 valence electrons. The molecule has 0 saturated carbocycles. The quantitative estimate of drug-likeness (QED) is 0.414. The van der Waals surface area contributed by atoms with Gasteiger partial charge in [-0.05, 0) is 56.2 Å². The zero-order valence-corrected chi connectivity index (χ0v) is 21.3. The van der Waals surface area contributed by atoms with Crippen molar-refractivity contribution in [2.75, 3.05) is 26.7 Å². The number of nitrogens with zero attached hydrogens (tertiary/aromatic N) is 2. The van der Waals surface area contributed by atoms with Crippen molar-refractivity contribution in [2.24, 2.45) is 0 Å². The lowest BCUT2D eigenvalue weighted by atomic mass is 10.1. The number of fused-ring (bicyclic) bond motifs is 2. The molecule has 2 aliphatic rings. The van der Waals surface area contributed by atoms with Crippen molar-refractivity contribution in [2.45, 2.75) is 33.6 Å². The highest BCUT2D eigenvalue weighted by Crippen LogP contribution is 2.24. The number of hydrogen-bond donors (Lipinski definition) is 2. The monoisotopic (exact) mass is 510 g/mol.